The molecule has 0 spiro atoms. The number of hydrogen-bond donors (Lipinski definition) is 0. The van der Waals surface area contributed by atoms with E-state index in [1.807, 2.05) is 77.7 Å². The molecule has 3 aromatic carbocycles. The van der Waals surface area contributed by atoms with Crippen molar-refractivity contribution in [1.82, 2.24) is 4.90 Å². The standard InChI is InChI=1S/C29H29NO5/c1-5-17-35-28-26(20-9-7-6-8-10-20)27(21-11-14-23(32-2)15-12-21)30(29(28)31)19-22-13-16-24(33-3)18-25(22)34-4/h5-16,18,27H,1,17,19H2,2-4H3. The van der Waals surface area contributed by atoms with Crippen LogP contribution in [-0.2, 0) is 16.1 Å². The van der Waals surface area contributed by atoms with Gasteiger partial charge in [0.05, 0.1) is 33.9 Å². The number of carbonyl (C=O) groups is 1. The molecule has 0 saturated heterocycles. The minimum atomic E-state index is -0.373. The molecule has 0 radical (unpaired) electrons. The van der Waals surface area contributed by atoms with Gasteiger partial charge in [-0.3, -0.25) is 4.79 Å². The topological polar surface area (TPSA) is 57.2 Å². The molecule has 1 aliphatic rings. The molecule has 6 heteroatoms. The van der Waals surface area contributed by atoms with E-state index in [4.69, 9.17) is 18.9 Å². The molecular weight excluding hydrogens is 442 g/mol. The number of hydrogen-bond acceptors (Lipinski definition) is 5. The molecule has 1 amide bonds. The highest BCUT2D eigenvalue weighted by atomic mass is 16.5. The van der Waals surface area contributed by atoms with Crippen LogP contribution >= 0.6 is 0 Å². The van der Waals surface area contributed by atoms with Gasteiger partial charge in [-0.05, 0) is 35.4 Å². The lowest BCUT2D eigenvalue weighted by atomic mass is 9.93. The highest BCUT2D eigenvalue weighted by Crippen LogP contribution is 2.45. The number of ether oxygens (including phenoxy) is 4. The van der Waals surface area contributed by atoms with Crippen molar-refractivity contribution in [3.05, 3.63) is 108 Å². The Labute approximate surface area is 206 Å². The van der Waals surface area contributed by atoms with Gasteiger partial charge in [0.25, 0.3) is 5.91 Å². The zero-order valence-corrected chi connectivity index (χ0v) is 20.2. The molecule has 35 heavy (non-hydrogen) atoms. The largest absolute Gasteiger partial charge is 0.497 e. The third kappa shape index (κ3) is 4.87. The molecular formula is C29H29NO5. The maximum absolute atomic E-state index is 13.8. The predicted octanol–water partition coefficient (Wildman–Crippen LogP) is 5.41. The van der Waals surface area contributed by atoms with Crippen molar-refractivity contribution in [2.45, 2.75) is 12.6 Å². The zero-order valence-electron chi connectivity index (χ0n) is 20.2. The Morgan fingerprint density at radius 3 is 2.20 bits per heavy atom. The Balaban J connectivity index is 1.85. The fraction of sp³-hybridized carbons (Fsp3) is 0.207. The van der Waals surface area contributed by atoms with Crippen LogP contribution in [0.15, 0.2) is 91.2 Å². The van der Waals surface area contributed by atoms with E-state index < -0.39 is 0 Å². The highest BCUT2D eigenvalue weighted by Gasteiger charge is 2.42. The Morgan fingerprint density at radius 1 is 0.886 bits per heavy atom. The van der Waals surface area contributed by atoms with Gasteiger partial charge in [0, 0.05) is 17.2 Å². The Kier molecular flexibility index (Phi) is 7.41. The molecule has 1 unspecified atom stereocenters. The van der Waals surface area contributed by atoms with Crippen LogP contribution in [0.25, 0.3) is 5.57 Å². The molecule has 6 nitrogen and oxygen atoms in total. The summed E-state index contributed by atoms with van der Waals surface area (Å²) in [5.41, 5.74) is 3.54. The summed E-state index contributed by atoms with van der Waals surface area (Å²) in [4.78, 5) is 15.7. The van der Waals surface area contributed by atoms with Gasteiger partial charge < -0.3 is 23.8 Å². The summed E-state index contributed by atoms with van der Waals surface area (Å²) < 4.78 is 22.3. The molecule has 3 aromatic rings. The number of nitrogens with zero attached hydrogens (tertiary/aromatic N) is 1. The molecule has 0 N–H and O–H groups in total. The van der Waals surface area contributed by atoms with Crippen molar-refractivity contribution in [3.63, 3.8) is 0 Å². The van der Waals surface area contributed by atoms with Gasteiger partial charge in [-0.15, -0.1) is 0 Å². The first-order valence-electron chi connectivity index (χ1n) is 11.3. The molecule has 0 aromatic heterocycles. The van der Waals surface area contributed by atoms with Crippen LogP contribution in [-0.4, -0.2) is 38.7 Å². The van der Waals surface area contributed by atoms with E-state index in [1.54, 1.807) is 27.4 Å². The molecule has 0 saturated carbocycles. The summed E-state index contributed by atoms with van der Waals surface area (Å²) in [5, 5.41) is 0. The molecule has 0 fully saturated rings. The summed E-state index contributed by atoms with van der Waals surface area (Å²) in [5.74, 6) is 2.21. The van der Waals surface area contributed by atoms with Crippen molar-refractivity contribution < 1.29 is 23.7 Å². The van der Waals surface area contributed by atoms with Gasteiger partial charge in [0.15, 0.2) is 5.76 Å². The van der Waals surface area contributed by atoms with Crippen molar-refractivity contribution >= 4 is 11.5 Å². The number of methoxy groups -OCH3 is 3. The smallest absolute Gasteiger partial charge is 0.290 e. The third-order valence-electron chi connectivity index (χ3n) is 5.98. The average molecular weight is 472 g/mol. The van der Waals surface area contributed by atoms with E-state index in [1.165, 1.54) is 0 Å². The number of rotatable bonds is 10. The minimum Gasteiger partial charge on any atom is -0.497 e. The lowest BCUT2D eigenvalue weighted by Gasteiger charge is -2.28. The average Bonchev–Trinajstić information content (AvgIpc) is 3.19. The molecule has 0 aliphatic carbocycles. The molecule has 180 valence electrons. The lowest BCUT2D eigenvalue weighted by molar-refractivity contribution is -0.130. The molecule has 1 heterocycles. The Hall–Kier alpha value is -4.19. The summed E-state index contributed by atoms with van der Waals surface area (Å²) in [6.45, 7) is 4.30. The maximum atomic E-state index is 13.8. The van der Waals surface area contributed by atoms with Gasteiger partial charge in [-0.25, -0.2) is 0 Å². The van der Waals surface area contributed by atoms with Gasteiger partial charge in [-0.1, -0.05) is 55.1 Å². The van der Waals surface area contributed by atoms with Crippen molar-refractivity contribution in [2.75, 3.05) is 27.9 Å². The van der Waals surface area contributed by atoms with Gasteiger partial charge in [-0.2, -0.15) is 0 Å². The van der Waals surface area contributed by atoms with E-state index in [0.29, 0.717) is 23.8 Å². The van der Waals surface area contributed by atoms with E-state index in [2.05, 4.69) is 6.58 Å². The minimum absolute atomic E-state index is 0.190. The van der Waals surface area contributed by atoms with Crippen LogP contribution in [0.4, 0.5) is 0 Å². The second kappa shape index (κ2) is 10.8. The fourth-order valence-corrected chi connectivity index (χ4v) is 4.29. The lowest BCUT2D eigenvalue weighted by Crippen LogP contribution is -2.30. The van der Waals surface area contributed by atoms with Crippen molar-refractivity contribution in [3.8, 4) is 17.2 Å². The molecule has 4 rings (SSSR count). The monoisotopic (exact) mass is 471 g/mol. The van der Waals surface area contributed by atoms with E-state index in [0.717, 1.165) is 28.0 Å². The SMILES string of the molecule is C=CCOC1=C(c2ccccc2)C(c2ccc(OC)cc2)N(Cc2ccc(OC)cc2OC)C1=O. The normalized spacial score (nSPS) is 15.2. The number of amides is 1. The zero-order chi connectivity index (χ0) is 24.8. The second-order valence-electron chi connectivity index (χ2n) is 8.00. The number of carbonyl (C=O) groups excluding carboxylic acids is 1. The van der Waals surface area contributed by atoms with Crippen LogP contribution < -0.4 is 14.2 Å². The summed E-state index contributed by atoms with van der Waals surface area (Å²) in [6.07, 6.45) is 1.64. The van der Waals surface area contributed by atoms with Crippen LogP contribution in [0.3, 0.4) is 0 Å². The first-order valence-corrected chi connectivity index (χ1v) is 11.3. The van der Waals surface area contributed by atoms with Crippen LogP contribution in [0, 0.1) is 0 Å². The van der Waals surface area contributed by atoms with Crippen LogP contribution in [0.1, 0.15) is 22.7 Å². The van der Waals surface area contributed by atoms with Crippen LogP contribution in [0.5, 0.6) is 17.2 Å². The second-order valence-corrected chi connectivity index (χ2v) is 8.00. The van der Waals surface area contributed by atoms with Crippen LogP contribution in [0.2, 0.25) is 0 Å². The van der Waals surface area contributed by atoms with Gasteiger partial charge >= 0.3 is 0 Å². The first-order chi connectivity index (χ1) is 17.1. The predicted molar refractivity (Wildman–Crippen MR) is 135 cm³/mol. The van der Waals surface area contributed by atoms with Crippen molar-refractivity contribution in [2.24, 2.45) is 0 Å². The molecule has 0 bridgehead atoms. The third-order valence-corrected chi connectivity index (χ3v) is 5.98. The van der Waals surface area contributed by atoms with Crippen molar-refractivity contribution in [1.29, 1.82) is 0 Å². The quantitative estimate of drug-likeness (QED) is 0.370. The van der Waals surface area contributed by atoms with E-state index in [9.17, 15) is 4.79 Å². The maximum Gasteiger partial charge on any atom is 0.290 e. The molecule has 1 atom stereocenters. The van der Waals surface area contributed by atoms with Gasteiger partial charge in [0.1, 0.15) is 23.9 Å². The Morgan fingerprint density at radius 2 is 1.57 bits per heavy atom. The molecule has 1 aliphatic heterocycles. The first kappa shape index (κ1) is 24.0. The number of benzene rings is 3. The van der Waals surface area contributed by atoms with E-state index in [-0.39, 0.29) is 18.6 Å². The summed E-state index contributed by atoms with van der Waals surface area (Å²) >= 11 is 0. The highest BCUT2D eigenvalue weighted by molar-refractivity contribution is 6.05. The summed E-state index contributed by atoms with van der Waals surface area (Å²) in [7, 11) is 4.85. The Bertz CT molecular complexity index is 1220. The van der Waals surface area contributed by atoms with Gasteiger partial charge in [0.2, 0.25) is 0 Å². The van der Waals surface area contributed by atoms with E-state index >= 15 is 0 Å². The fourth-order valence-electron chi connectivity index (χ4n) is 4.29. The summed E-state index contributed by atoms with van der Waals surface area (Å²) in [6, 6.07) is 22.8.